The molecule has 0 saturated carbocycles. The highest BCUT2D eigenvalue weighted by Gasteiger charge is 2.15. The van der Waals surface area contributed by atoms with E-state index in [1.807, 2.05) is 24.5 Å². The van der Waals surface area contributed by atoms with E-state index < -0.39 is 5.69 Å². The fourth-order valence-electron chi connectivity index (χ4n) is 3.44. The predicted molar refractivity (Wildman–Crippen MR) is 120 cm³/mol. The first-order valence-electron chi connectivity index (χ1n) is 9.69. The molecule has 5 rings (SSSR count). The molecule has 5 aromatic rings. The van der Waals surface area contributed by atoms with Gasteiger partial charge in [-0.2, -0.15) is 5.10 Å². The van der Waals surface area contributed by atoms with Crippen LogP contribution in [0.4, 0.5) is 10.1 Å². The summed E-state index contributed by atoms with van der Waals surface area (Å²) in [5.74, 6) is -0.686. The predicted octanol–water partition coefficient (Wildman–Crippen LogP) is 3.31. The zero-order valence-corrected chi connectivity index (χ0v) is 17.7. The quantitative estimate of drug-likeness (QED) is 0.417. The number of thioether (sulfide) groups is 1. The summed E-state index contributed by atoms with van der Waals surface area (Å²) < 4.78 is 17.3. The first kappa shape index (κ1) is 20.0. The lowest BCUT2D eigenvalue weighted by atomic mass is 10.1. The largest absolute Gasteiger partial charge is 0.350 e. The number of carbonyl (C=O) groups is 1. The van der Waals surface area contributed by atoms with Crippen molar-refractivity contribution in [1.29, 1.82) is 0 Å². The third-order valence-corrected chi connectivity index (χ3v) is 5.70. The number of nitrogens with zero attached hydrogens (tertiary/aromatic N) is 5. The molecule has 2 aromatic carbocycles. The van der Waals surface area contributed by atoms with E-state index in [1.165, 1.54) is 16.5 Å². The van der Waals surface area contributed by atoms with Gasteiger partial charge in [-0.15, -0.1) is 16.9 Å². The van der Waals surface area contributed by atoms with Gasteiger partial charge in [0.15, 0.2) is 5.65 Å². The van der Waals surface area contributed by atoms with Crippen molar-refractivity contribution in [2.24, 2.45) is 0 Å². The van der Waals surface area contributed by atoms with E-state index in [0.29, 0.717) is 22.5 Å². The number of anilines is 1. The second-order valence-electron chi connectivity index (χ2n) is 7.08. The molecular weight excluding hydrogens is 431 g/mol. The van der Waals surface area contributed by atoms with Gasteiger partial charge in [-0.25, -0.2) is 22.8 Å². The van der Waals surface area contributed by atoms with Crippen molar-refractivity contribution in [2.45, 2.75) is 11.4 Å². The summed E-state index contributed by atoms with van der Waals surface area (Å²) in [6.45, 7) is -0.227. The molecule has 0 aliphatic rings. The van der Waals surface area contributed by atoms with Crippen molar-refractivity contribution in [3.05, 3.63) is 83.3 Å². The normalized spacial score (nSPS) is 11.3. The van der Waals surface area contributed by atoms with Crippen molar-refractivity contribution in [1.82, 2.24) is 23.8 Å². The lowest BCUT2D eigenvalue weighted by Gasteiger charge is -2.05. The Morgan fingerprint density at radius 1 is 1.09 bits per heavy atom. The maximum absolute atomic E-state index is 13.2. The molecule has 0 saturated heterocycles. The van der Waals surface area contributed by atoms with Gasteiger partial charge in [0.05, 0.1) is 5.69 Å². The highest BCUT2D eigenvalue weighted by Crippen LogP contribution is 2.22. The third-order valence-electron chi connectivity index (χ3n) is 4.98. The highest BCUT2D eigenvalue weighted by atomic mass is 32.2. The summed E-state index contributed by atoms with van der Waals surface area (Å²) in [5.41, 5.74) is 2.54. The Hall–Kier alpha value is -3.92. The van der Waals surface area contributed by atoms with Crippen LogP contribution in [0.1, 0.15) is 0 Å². The van der Waals surface area contributed by atoms with Crippen molar-refractivity contribution in [3.8, 4) is 11.3 Å². The molecule has 0 aliphatic heterocycles. The van der Waals surface area contributed by atoms with E-state index >= 15 is 0 Å². The molecule has 1 amide bonds. The van der Waals surface area contributed by atoms with E-state index in [1.54, 1.807) is 52.9 Å². The summed E-state index contributed by atoms with van der Waals surface area (Å²) in [4.78, 5) is 26.3. The molecule has 8 nitrogen and oxygen atoms in total. The molecule has 0 radical (unpaired) electrons. The van der Waals surface area contributed by atoms with Crippen molar-refractivity contribution >= 4 is 34.5 Å². The molecule has 32 heavy (non-hydrogen) atoms. The topological polar surface area (TPSA) is 85.7 Å². The molecule has 1 N–H and O–H groups in total. The summed E-state index contributed by atoms with van der Waals surface area (Å²) in [7, 11) is 0. The molecule has 0 spiro atoms. The van der Waals surface area contributed by atoms with E-state index in [4.69, 9.17) is 0 Å². The van der Waals surface area contributed by atoms with Gasteiger partial charge >= 0.3 is 5.69 Å². The lowest BCUT2D eigenvalue weighted by molar-refractivity contribution is -0.117. The minimum Gasteiger partial charge on any atom is -0.324 e. The van der Waals surface area contributed by atoms with E-state index in [9.17, 15) is 14.0 Å². The van der Waals surface area contributed by atoms with Crippen LogP contribution in [-0.2, 0) is 11.3 Å². The average molecular weight is 448 g/mol. The molecule has 0 fully saturated rings. The zero-order chi connectivity index (χ0) is 22.2. The van der Waals surface area contributed by atoms with Gasteiger partial charge in [0.25, 0.3) is 0 Å². The molecular formula is C22H17FN6O2S. The highest BCUT2D eigenvalue weighted by molar-refractivity contribution is 7.98. The molecule has 0 atom stereocenters. The number of aromatic nitrogens is 5. The Labute approximate surface area is 185 Å². The molecule has 0 bridgehead atoms. The fraction of sp³-hybridized carbons (Fsp3) is 0.0909. The SMILES string of the molecule is CSc1cccc(NC(=O)Cn2nc3c4cc(-c5ccc(F)cc5)nn4ccn3c2=O)c1. The van der Waals surface area contributed by atoms with Gasteiger partial charge in [-0.3, -0.25) is 4.79 Å². The Morgan fingerprint density at radius 3 is 2.69 bits per heavy atom. The standard InChI is InChI=1S/C22H17FN6O2S/c1-32-17-4-2-3-16(11-17)24-20(30)13-29-22(31)27-9-10-28-19(21(27)26-29)12-18(25-28)14-5-7-15(23)8-6-14/h2-12H,13H2,1H3,(H,24,30). The van der Waals surface area contributed by atoms with Gasteiger partial charge in [0.1, 0.15) is 17.9 Å². The first-order valence-corrected chi connectivity index (χ1v) is 10.9. The van der Waals surface area contributed by atoms with Crippen LogP contribution in [0, 0.1) is 5.82 Å². The zero-order valence-electron chi connectivity index (χ0n) is 16.9. The number of halogens is 1. The van der Waals surface area contributed by atoms with E-state index in [0.717, 1.165) is 15.1 Å². The number of fused-ring (bicyclic) bond motifs is 3. The maximum atomic E-state index is 13.2. The number of nitrogens with one attached hydrogen (secondary N) is 1. The molecule has 3 aromatic heterocycles. The number of carbonyl (C=O) groups excluding carboxylic acids is 1. The number of amides is 1. The second kappa shape index (κ2) is 7.97. The van der Waals surface area contributed by atoms with Crippen molar-refractivity contribution in [2.75, 3.05) is 11.6 Å². The summed E-state index contributed by atoms with van der Waals surface area (Å²) in [5, 5.41) is 11.6. The smallest absolute Gasteiger partial charge is 0.324 e. The number of rotatable bonds is 5. The van der Waals surface area contributed by atoms with Gasteiger partial charge in [-0.1, -0.05) is 6.07 Å². The van der Waals surface area contributed by atoms with Crippen LogP contribution in [0.25, 0.3) is 22.4 Å². The van der Waals surface area contributed by atoms with Crippen molar-refractivity contribution < 1.29 is 9.18 Å². The molecule has 10 heteroatoms. The minimum absolute atomic E-state index is 0.227. The minimum atomic E-state index is -0.431. The fourth-order valence-corrected chi connectivity index (χ4v) is 3.90. The Morgan fingerprint density at radius 2 is 1.91 bits per heavy atom. The Bertz CT molecular complexity index is 1520. The van der Waals surface area contributed by atoms with Crippen LogP contribution in [0.5, 0.6) is 0 Å². The van der Waals surface area contributed by atoms with Gasteiger partial charge in [-0.05, 0) is 54.8 Å². The van der Waals surface area contributed by atoms with Gasteiger partial charge in [0, 0.05) is 28.5 Å². The lowest BCUT2D eigenvalue weighted by Crippen LogP contribution is -2.28. The summed E-state index contributed by atoms with van der Waals surface area (Å²) in [6.07, 6.45) is 5.14. The van der Waals surface area contributed by atoms with Gasteiger partial charge < -0.3 is 5.32 Å². The third kappa shape index (κ3) is 3.65. The first-order chi connectivity index (χ1) is 15.5. The molecule has 0 aliphatic carbocycles. The van der Waals surface area contributed by atoms with Gasteiger partial charge in [0.2, 0.25) is 5.91 Å². The van der Waals surface area contributed by atoms with E-state index in [2.05, 4.69) is 15.5 Å². The van der Waals surface area contributed by atoms with Crippen LogP contribution in [0.3, 0.4) is 0 Å². The molecule has 3 heterocycles. The van der Waals surface area contributed by atoms with Crippen LogP contribution in [-0.4, -0.2) is 36.0 Å². The summed E-state index contributed by atoms with van der Waals surface area (Å²) in [6, 6.07) is 15.2. The van der Waals surface area contributed by atoms with Crippen LogP contribution < -0.4 is 11.0 Å². The summed E-state index contributed by atoms with van der Waals surface area (Å²) >= 11 is 1.57. The number of benzene rings is 2. The Balaban J connectivity index is 1.47. The monoisotopic (exact) mass is 448 g/mol. The number of hydrogen-bond acceptors (Lipinski definition) is 5. The number of hydrogen-bond donors (Lipinski definition) is 1. The average Bonchev–Trinajstić information content (AvgIpc) is 3.36. The Kier molecular flexibility index (Phi) is 4.98. The van der Waals surface area contributed by atoms with Crippen molar-refractivity contribution in [3.63, 3.8) is 0 Å². The van der Waals surface area contributed by atoms with E-state index in [-0.39, 0.29) is 18.3 Å². The second-order valence-corrected chi connectivity index (χ2v) is 7.96. The molecule has 160 valence electrons. The van der Waals surface area contributed by atoms with Crippen LogP contribution >= 0.6 is 11.8 Å². The van der Waals surface area contributed by atoms with Crippen LogP contribution in [0.15, 0.2) is 76.7 Å². The van der Waals surface area contributed by atoms with Crippen LogP contribution in [0.2, 0.25) is 0 Å². The molecule has 0 unspecified atom stereocenters. The maximum Gasteiger partial charge on any atom is 0.350 e.